The molecule has 6 heteroatoms. The summed E-state index contributed by atoms with van der Waals surface area (Å²) in [6, 6.07) is 0. The van der Waals surface area contributed by atoms with Crippen molar-refractivity contribution in [2.45, 2.75) is 67.5 Å². The van der Waals surface area contributed by atoms with E-state index in [1.165, 1.54) is 38.5 Å². The van der Waals surface area contributed by atoms with E-state index < -0.39 is 0 Å². The van der Waals surface area contributed by atoms with Gasteiger partial charge in [0.05, 0.1) is 0 Å². The SMILES string of the molecule is Br[C@H]1[C@H](Br)[C@H](Br)[C@@H](Br)CCCCCC[C@H](Br)[C@@H]1Br. The molecule has 1 fully saturated rings. The Hall–Kier alpha value is 2.88. The van der Waals surface area contributed by atoms with Gasteiger partial charge in [0, 0.05) is 29.0 Å². The van der Waals surface area contributed by atoms with Crippen molar-refractivity contribution < 1.29 is 0 Å². The first kappa shape index (κ1) is 18.9. The molecule has 0 aromatic rings. The lowest BCUT2D eigenvalue weighted by molar-refractivity contribution is 0.549. The summed E-state index contributed by atoms with van der Waals surface area (Å²) in [7, 11) is 0. The van der Waals surface area contributed by atoms with Crippen LogP contribution in [-0.2, 0) is 0 Å². The summed E-state index contributed by atoms with van der Waals surface area (Å²) >= 11 is 23.0. The average Bonchev–Trinajstić information content (AvgIpc) is 2.37. The Labute approximate surface area is 161 Å². The van der Waals surface area contributed by atoms with Gasteiger partial charge in [-0.05, 0) is 12.8 Å². The fourth-order valence-electron chi connectivity index (χ4n) is 2.10. The predicted octanol–water partition coefficient (Wildman–Crippen LogP) is 6.92. The highest BCUT2D eigenvalue weighted by Gasteiger charge is 2.35. The molecule has 0 bridgehead atoms. The monoisotopic (exact) mass is 636 g/mol. The molecule has 0 spiro atoms. The molecule has 0 saturated heterocycles. The molecular weight excluding hydrogens is 624 g/mol. The lowest BCUT2D eigenvalue weighted by Gasteiger charge is -2.31. The van der Waals surface area contributed by atoms with Gasteiger partial charge in [0.25, 0.3) is 0 Å². The fraction of sp³-hybridized carbons (Fsp3) is 1.00. The van der Waals surface area contributed by atoms with Gasteiger partial charge in [-0.3, -0.25) is 0 Å². The van der Waals surface area contributed by atoms with Crippen LogP contribution in [0.5, 0.6) is 0 Å². The Morgan fingerprint density at radius 3 is 1.11 bits per heavy atom. The zero-order valence-electron chi connectivity index (χ0n) is 9.97. The largest absolute Gasteiger partial charge is 0.0878 e. The normalized spacial score (nSPS) is 45.0. The summed E-state index contributed by atoms with van der Waals surface area (Å²) < 4.78 is 0. The van der Waals surface area contributed by atoms with Crippen LogP contribution in [0, 0.1) is 0 Å². The Morgan fingerprint density at radius 2 is 0.778 bits per heavy atom. The Kier molecular flexibility index (Phi) is 10.3. The molecule has 0 aliphatic heterocycles. The van der Waals surface area contributed by atoms with Crippen LogP contribution in [0.3, 0.4) is 0 Å². The van der Waals surface area contributed by atoms with Crippen LogP contribution in [0.1, 0.15) is 38.5 Å². The molecule has 0 amide bonds. The lowest BCUT2D eigenvalue weighted by Crippen LogP contribution is -2.39. The van der Waals surface area contributed by atoms with Crippen LogP contribution in [-0.4, -0.2) is 29.0 Å². The van der Waals surface area contributed by atoms with Crippen molar-refractivity contribution in [1.29, 1.82) is 0 Å². The van der Waals surface area contributed by atoms with Gasteiger partial charge in [-0.1, -0.05) is 121 Å². The number of alkyl halides is 6. The van der Waals surface area contributed by atoms with Gasteiger partial charge in [-0.2, -0.15) is 0 Å². The molecule has 0 N–H and O–H groups in total. The van der Waals surface area contributed by atoms with Crippen LogP contribution in [0.4, 0.5) is 0 Å². The second-order valence-electron chi connectivity index (χ2n) is 4.80. The highest BCUT2D eigenvalue weighted by molar-refractivity contribution is 9.15. The molecule has 6 atom stereocenters. The standard InChI is InChI=1S/C12H18Br6/c13-7-5-3-1-2-4-6-8(14)10(16)12(18)11(17)9(7)15/h7-12H,1-6H2/t7-,8-,9-,10+,11+,12+/m0/s1. The van der Waals surface area contributed by atoms with Gasteiger partial charge in [0.2, 0.25) is 0 Å². The molecule has 18 heavy (non-hydrogen) atoms. The van der Waals surface area contributed by atoms with Gasteiger partial charge in [-0.15, -0.1) is 0 Å². The van der Waals surface area contributed by atoms with Gasteiger partial charge in [0.1, 0.15) is 0 Å². The molecule has 108 valence electrons. The first-order valence-corrected chi connectivity index (χ1v) is 11.8. The Balaban J connectivity index is 2.71. The van der Waals surface area contributed by atoms with Crippen molar-refractivity contribution in [2.24, 2.45) is 0 Å². The summed E-state index contributed by atoms with van der Waals surface area (Å²) in [6.07, 6.45) is 7.80. The maximum atomic E-state index is 3.84. The Bertz CT molecular complexity index is 213. The number of hydrogen-bond acceptors (Lipinski definition) is 0. The summed E-state index contributed by atoms with van der Waals surface area (Å²) in [5.74, 6) is 0. The van der Waals surface area contributed by atoms with Crippen molar-refractivity contribution in [2.75, 3.05) is 0 Å². The predicted molar refractivity (Wildman–Crippen MR) is 104 cm³/mol. The van der Waals surface area contributed by atoms with Gasteiger partial charge < -0.3 is 0 Å². The van der Waals surface area contributed by atoms with Crippen molar-refractivity contribution in [3.63, 3.8) is 0 Å². The second-order valence-corrected chi connectivity index (χ2v) is 11.4. The van der Waals surface area contributed by atoms with Crippen LogP contribution in [0.2, 0.25) is 0 Å². The van der Waals surface area contributed by atoms with E-state index in [4.69, 9.17) is 0 Å². The third-order valence-corrected chi connectivity index (χ3v) is 13.6. The van der Waals surface area contributed by atoms with E-state index in [-0.39, 0.29) is 0 Å². The third-order valence-electron chi connectivity index (χ3n) is 3.31. The molecule has 1 aliphatic rings. The van der Waals surface area contributed by atoms with Gasteiger partial charge >= 0.3 is 0 Å². The van der Waals surface area contributed by atoms with E-state index in [1.54, 1.807) is 0 Å². The summed E-state index contributed by atoms with van der Waals surface area (Å²) in [5, 5.41) is 0. The molecule has 0 heterocycles. The fourth-order valence-corrected chi connectivity index (χ4v) is 7.63. The topological polar surface area (TPSA) is 0 Å². The van der Waals surface area contributed by atoms with Crippen LogP contribution >= 0.6 is 95.6 Å². The van der Waals surface area contributed by atoms with Gasteiger partial charge in [-0.25, -0.2) is 0 Å². The number of halogens is 6. The summed E-state index contributed by atoms with van der Waals surface area (Å²) in [5.41, 5.74) is 0. The third kappa shape index (κ3) is 5.94. The first-order valence-electron chi connectivity index (χ1n) is 6.29. The molecule has 0 nitrogen and oxygen atoms in total. The molecule has 1 saturated carbocycles. The molecule has 0 aromatic carbocycles. The smallest absolute Gasteiger partial charge is 0.0418 e. The van der Waals surface area contributed by atoms with E-state index in [2.05, 4.69) is 95.6 Å². The zero-order chi connectivity index (χ0) is 13.7. The molecule has 1 aliphatic carbocycles. The van der Waals surface area contributed by atoms with Crippen LogP contribution in [0.25, 0.3) is 0 Å². The van der Waals surface area contributed by atoms with Crippen molar-refractivity contribution in [3.05, 3.63) is 0 Å². The Morgan fingerprint density at radius 1 is 0.444 bits per heavy atom. The highest BCUT2D eigenvalue weighted by atomic mass is 79.9. The number of rotatable bonds is 0. The zero-order valence-corrected chi connectivity index (χ0v) is 19.5. The highest BCUT2D eigenvalue weighted by Crippen LogP contribution is 2.37. The maximum Gasteiger partial charge on any atom is 0.0418 e. The molecule has 0 radical (unpaired) electrons. The minimum absolute atomic E-state index is 0.394. The second kappa shape index (κ2) is 9.81. The van der Waals surface area contributed by atoms with Crippen molar-refractivity contribution in [3.8, 4) is 0 Å². The molecule has 0 aromatic heterocycles. The van der Waals surface area contributed by atoms with Crippen LogP contribution in [0.15, 0.2) is 0 Å². The minimum atomic E-state index is 0.394. The van der Waals surface area contributed by atoms with Crippen molar-refractivity contribution >= 4 is 95.6 Å². The minimum Gasteiger partial charge on any atom is -0.0878 e. The summed E-state index contributed by atoms with van der Waals surface area (Å²) in [6.45, 7) is 0. The lowest BCUT2D eigenvalue weighted by atomic mass is 10.0. The number of hydrogen-bond donors (Lipinski definition) is 0. The van der Waals surface area contributed by atoms with E-state index in [9.17, 15) is 0 Å². The molecule has 1 rings (SSSR count). The van der Waals surface area contributed by atoms with Crippen LogP contribution < -0.4 is 0 Å². The van der Waals surface area contributed by atoms with E-state index in [0.29, 0.717) is 29.0 Å². The van der Waals surface area contributed by atoms with Crippen molar-refractivity contribution in [1.82, 2.24) is 0 Å². The van der Waals surface area contributed by atoms with E-state index >= 15 is 0 Å². The van der Waals surface area contributed by atoms with Gasteiger partial charge in [0.15, 0.2) is 0 Å². The average molecular weight is 642 g/mol. The first-order chi connectivity index (χ1) is 8.45. The quantitative estimate of drug-likeness (QED) is 0.252. The maximum absolute atomic E-state index is 3.84. The van der Waals surface area contributed by atoms with E-state index in [0.717, 1.165) is 0 Å². The summed E-state index contributed by atoms with van der Waals surface area (Å²) in [4.78, 5) is 2.70. The van der Waals surface area contributed by atoms with E-state index in [1.807, 2.05) is 0 Å². The molecule has 0 unspecified atom stereocenters. The molecular formula is C12H18Br6.